The van der Waals surface area contributed by atoms with E-state index in [4.69, 9.17) is 9.72 Å². The number of pyridine rings is 1. The lowest BCUT2D eigenvalue weighted by molar-refractivity contribution is -0.133. The molecule has 3 heterocycles. The van der Waals surface area contributed by atoms with Crippen molar-refractivity contribution in [2.45, 2.75) is 32.2 Å². The molecule has 162 valence electrons. The fraction of sp³-hybridized carbons (Fsp3) is 0.375. The molecule has 7 heteroatoms. The number of piperidine rings is 1. The van der Waals surface area contributed by atoms with Gasteiger partial charge in [-0.2, -0.15) is 5.10 Å². The zero-order chi connectivity index (χ0) is 21.8. The zero-order valence-corrected chi connectivity index (χ0v) is 18.4. The van der Waals surface area contributed by atoms with Crippen LogP contribution < -0.4 is 9.64 Å². The molecule has 0 unspecified atom stereocenters. The molecule has 0 radical (unpaired) electrons. The molecule has 1 aliphatic rings. The average molecular weight is 420 g/mol. The van der Waals surface area contributed by atoms with Crippen LogP contribution in [0.4, 0.5) is 5.69 Å². The summed E-state index contributed by atoms with van der Waals surface area (Å²) in [7, 11) is 4.03. The van der Waals surface area contributed by atoms with E-state index in [1.807, 2.05) is 74.6 Å². The molecule has 1 atom stereocenters. The molecule has 0 bridgehead atoms. The number of nitrogens with zero attached hydrogens (tertiary/aromatic N) is 5. The zero-order valence-electron chi connectivity index (χ0n) is 18.4. The third-order valence-corrected chi connectivity index (χ3v) is 5.58. The van der Waals surface area contributed by atoms with Gasteiger partial charge in [0.25, 0.3) is 0 Å². The average Bonchev–Trinajstić information content (AvgIpc) is 3.27. The first-order valence-electron chi connectivity index (χ1n) is 10.7. The monoisotopic (exact) mass is 419 g/mol. The second-order valence-electron chi connectivity index (χ2n) is 8.24. The van der Waals surface area contributed by atoms with Crippen LogP contribution in [0.15, 0.2) is 54.9 Å². The van der Waals surface area contributed by atoms with Crippen LogP contribution in [-0.4, -0.2) is 52.8 Å². The Labute approximate surface area is 183 Å². The Morgan fingerprint density at radius 3 is 2.71 bits per heavy atom. The van der Waals surface area contributed by atoms with Crippen molar-refractivity contribution in [2.75, 3.05) is 32.1 Å². The maximum Gasteiger partial charge on any atom is 0.244 e. The highest BCUT2D eigenvalue weighted by molar-refractivity contribution is 5.76. The van der Waals surface area contributed by atoms with Gasteiger partial charge < -0.3 is 14.5 Å². The van der Waals surface area contributed by atoms with Crippen LogP contribution in [0.1, 0.15) is 30.1 Å². The maximum absolute atomic E-state index is 12.7. The molecule has 1 saturated heterocycles. The van der Waals surface area contributed by atoms with Crippen molar-refractivity contribution < 1.29 is 9.53 Å². The lowest BCUT2D eigenvalue weighted by Crippen LogP contribution is -2.41. The van der Waals surface area contributed by atoms with Crippen molar-refractivity contribution in [1.29, 1.82) is 0 Å². The standard InChI is InChI=1S/C24H29N5O2/c1-18-14-22(31-21-9-7-20(8-10-21)27(2)3)15-23(26-18)19-6-4-12-28(16-19)24(30)17-29-13-5-11-25-29/h5,7-11,13-15,19H,4,6,12,16-17H2,1-3H3/t19-/m0/s1. The first kappa shape index (κ1) is 20.9. The molecule has 1 aliphatic heterocycles. The molecule has 0 spiro atoms. The van der Waals surface area contributed by atoms with E-state index in [1.54, 1.807) is 10.9 Å². The molecule has 1 fully saturated rings. The quantitative estimate of drug-likeness (QED) is 0.607. The van der Waals surface area contributed by atoms with E-state index in [0.717, 1.165) is 48.0 Å². The highest BCUT2D eigenvalue weighted by atomic mass is 16.5. The van der Waals surface area contributed by atoms with E-state index in [2.05, 4.69) is 10.00 Å². The molecule has 3 aromatic rings. The number of aryl methyl sites for hydroxylation is 1. The minimum atomic E-state index is 0.0958. The summed E-state index contributed by atoms with van der Waals surface area (Å²) in [5.41, 5.74) is 3.02. The number of amides is 1. The summed E-state index contributed by atoms with van der Waals surface area (Å²) in [6, 6.07) is 13.8. The molecular weight excluding hydrogens is 390 g/mol. The molecule has 1 aromatic carbocycles. The molecule has 0 saturated carbocycles. The van der Waals surface area contributed by atoms with Gasteiger partial charge in [0.2, 0.25) is 5.91 Å². The van der Waals surface area contributed by atoms with Crippen molar-refractivity contribution in [3.05, 3.63) is 66.2 Å². The normalized spacial score (nSPS) is 16.2. The third-order valence-electron chi connectivity index (χ3n) is 5.58. The second kappa shape index (κ2) is 9.20. The summed E-state index contributed by atoms with van der Waals surface area (Å²) in [6.45, 7) is 3.71. The van der Waals surface area contributed by atoms with Gasteiger partial charge in [0.05, 0.1) is 0 Å². The van der Waals surface area contributed by atoms with Crippen molar-refractivity contribution in [3.8, 4) is 11.5 Å². The number of aromatic nitrogens is 3. The van der Waals surface area contributed by atoms with Crippen molar-refractivity contribution in [3.63, 3.8) is 0 Å². The number of benzene rings is 1. The number of hydrogen-bond acceptors (Lipinski definition) is 5. The van der Waals surface area contributed by atoms with Gasteiger partial charge >= 0.3 is 0 Å². The third kappa shape index (κ3) is 5.23. The SMILES string of the molecule is Cc1cc(Oc2ccc(N(C)C)cc2)cc([C@H]2CCCN(C(=O)Cn3cccn3)C2)n1. The number of rotatable bonds is 6. The summed E-state index contributed by atoms with van der Waals surface area (Å²) < 4.78 is 7.79. The van der Waals surface area contributed by atoms with E-state index in [-0.39, 0.29) is 18.4 Å². The van der Waals surface area contributed by atoms with Gasteiger partial charge in [0.15, 0.2) is 0 Å². The fourth-order valence-corrected chi connectivity index (χ4v) is 3.96. The van der Waals surface area contributed by atoms with Crippen LogP contribution in [0.25, 0.3) is 0 Å². The van der Waals surface area contributed by atoms with E-state index >= 15 is 0 Å². The molecule has 2 aromatic heterocycles. The smallest absolute Gasteiger partial charge is 0.244 e. The predicted octanol–water partition coefficient (Wildman–Crippen LogP) is 3.85. The number of hydrogen-bond donors (Lipinski definition) is 0. The topological polar surface area (TPSA) is 63.5 Å². The summed E-state index contributed by atoms with van der Waals surface area (Å²) in [6.07, 6.45) is 5.49. The first-order chi connectivity index (χ1) is 15.0. The summed E-state index contributed by atoms with van der Waals surface area (Å²) >= 11 is 0. The largest absolute Gasteiger partial charge is 0.457 e. The summed E-state index contributed by atoms with van der Waals surface area (Å²) in [4.78, 5) is 21.5. The van der Waals surface area contributed by atoms with Gasteiger partial charge in [-0.25, -0.2) is 0 Å². The molecule has 0 N–H and O–H groups in total. The fourth-order valence-electron chi connectivity index (χ4n) is 3.96. The van der Waals surface area contributed by atoms with Gasteiger partial charge in [0, 0.05) is 74.7 Å². The van der Waals surface area contributed by atoms with Crippen molar-refractivity contribution in [1.82, 2.24) is 19.7 Å². The van der Waals surface area contributed by atoms with Crippen molar-refractivity contribution in [2.24, 2.45) is 0 Å². The van der Waals surface area contributed by atoms with Gasteiger partial charge in [-0.15, -0.1) is 0 Å². The molecule has 7 nitrogen and oxygen atoms in total. The number of carbonyl (C=O) groups is 1. The Bertz CT molecular complexity index is 1010. The lowest BCUT2D eigenvalue weighted by atomic mass is 9.94. The highest BCUT2D eigenvalue weighted by Crippen LogP contribution is 2.31. The molecule has 1 amide bonds. The van der Waals surface area contributed by atoms with Gasteiger partial charge in [-0.1, -0.05) is 0 Å². The van der Waals surface area contributed by atoms with E-state index in [0.29, 0.717) is 6.54 Å². The van der Waals surface area contributed by atoms with Crippen LogP contribution in [0.2, 0.25) is 0 Å². The first-order valence-corrected chi connectivity index (χ1v) is 10.7. The highest BCUT2D eigenvalue weighted by Gasteiger charge is 2.26. The van der Waals surface area contributed by atoms with E-state index < -0.39 is 0 Å². The second-order valence-corrected chi connectivity index (χ2v) is 8.24. The number of anilines is 1. The van der Waals surface area contributed by atoms with E-state index in [9.17, 15) is 4.79 Å². The Hall–Kier alpha value is -3.35. The van der Waals surface area contributed by atoms with Crippen LogP contribution in [0.5, 0.6) is 11.5 Å². The minimum Gasteiger partial charge on any atom is -0.457 e. The Morgan fingerprint density at radius 1 is 1.19 bits per heavy atom. The molecule has 31 heavy (non-hydrogen) atoms. The Balaban J connectivity index is 1.46. The Morgan fingerprint density at radius 2 is 2.00 bits per heavy atom. The number of ether oxygens (including phenoxy) is 1. The van der Waals surface area contributed by atoms with Gasteiger partial charge in [-0.3, -0.25) is 14.5 Å². The molecule has 4 rings (SSSR count). The predicted molar refractivity (Wildman–Crippen MR) is 121 cm³/mol. The number of carbonyl (C=O) groups excluding carboxylic acids is 1. The summed E-state index contributed by atoms with van der Waals surface area (Å²) in [5, 5.41) is 4.14. The van der Waals surface area contributed by atoms with Crippen LogP contribution in [0.3, 0.4) is 0 Å². The van der Waals surface area contributed by atoms with Crippen LogP contribution >= 0.6 is 0 Å². The van der Waals surface area contributed by atoms with Crippen LogP contribution in [0, 0.1) is 6.92 Å². The van der Waals surface area contributed by atoms with Crippen molar-refractivity contribution >= 4 is 11.6 Å². The maximum atomic E-state index is 12.7. The summed E-state index contributed by atoms with van der Waals surface area (Å²) in [5.74, 6) is 1.87. The molecular formula is C24H29N5O2. The Kier molecular flexibility index (Phi) is 6.21. The lowest BCUT2D eigenvalue weighted by Gasteiger charge is -2.32. The molecule has 0 aliphatic carbocycles. The van der Waals surface area contributed by atoms with Gasteiger partial charge in [-0.05, 0) is 50.1 Å². The number of likely N-dealkylation sites (tertiary alicyclic amines) is 1. The van der Waals surface area contributed by atoms with Crippen LogP contribution in [-0.2, 0) is 11.3 Å². The van der Waals surface area contributed by atoms with Gasteiger partial charge in [0.1, 0.15) is 18.0 Å². The van der Waals surface area contributed by atoms with E-state index in [1.165, 1.54) is 0 Å². The minimum absolute atomic E-state index is 0.0958.